The summed E-state index contributed by atoms with van der Waals surface area (Å²) in [6.07, 6.45) is 1.21. The van der Waals surface area contributed by atoms with Gasteiger partial charge >= 0.3 is 0 Å². The Hall–Kier alpha value is -1.26. The van der Waals surface area contributed by atoms with Crippen LogP contribution in [0.5, 0.6) is 11.5 Å². The first-order chi connectivity index (χ1) is 8.69. The molecular weight excluding hydrogens is 228 g/mol. The molecule has 0 amide bonds. The van der Waals surface area contributed by atoms with Gasteiger partial charge in [-0.1, -0.05) is 6.07 Å². The van der Waals surface area contributed by atoms with E-state index in [9.17, 15) is 5.11 Å². The maximum absolute atomic E-state index is 9.58. The van der Waals surface area contributed by atoms with E-state index in [1.165, 1.54) is 18.5 Å². The molecule has 0 spiro atoms. The smallest absolute Gasteiger partial charge is 0.160 e. The van der Waals surface area contributed by atoms with Crippen LogP contribution in [0, 0.1) is 0 Å². The molecular formula is C14H22N2O2. The van der Waals surface area contributed by atoms with Crippen LogP contribution in [0.25, 0.3) is 0 Å². The van der Waals surface area contributed by atoms with Crippen LogP contribution in [0.15, 0.2) is 18.2 Å². The maximum atomic E-state index is 9.58. The summed E-state index contributed by atoms with van der Waals surface area (Å²) in [6.45, 7) is 5.45. The Bertz CT molecular complexity index is 395. The molecule has 1 heterocycles. The monoisotopic (exact) mass is 250 g/mol. The van der Waals surface area contributed by atoms with Crippen molar-refractivity contribution in [1.29, 1.82) is 0 Å². The highest BCUT2D eigenvalue weighted by Crippen LogP contribution is 2.26. The van der Waals surface area contributed by atoms with Crippen molar-refractivity contribution in [3.63, 3.8) is 0 Å². The van der Waals surface area contributed by atoms with E-state index in [0.29, 0.717) is 5.75 Å². The summed E-state index contributed by atoms with van der Waals surface area (Å²) < 4.78 is 5.14. The van der Waals surface area contributed by atoms with E-state index < -0.39 is 0 Å². The zero-order chi connectivity index (χ0) is 13.0. The summed E-state index contributed by atoms with van der Waals surface area (Å²) in [6, 6.07) is 5.59. The highest BCUT2D eigenvalue weighted by molar-refractivity contribution is 5.41. The molecule has 2 rings (SSSR count). The molecule has 0 aliphatic carbocycles. The van der Waals surface area contributed by atoms with E-state index in [-0.39, 0.29) is 5.75 Å². The molecule has 100 valence electrons. The lowest BCUT2D eigenvalue weighted by Crippen LogP contribution is -2.28. The highest BCUT2D eigenvalue weighted by atomic mass is 16.5. The molecule has 0 bridgehead atoms. The fourth-order valence-corrected chi connectivity index (χ4v) is 2.34. The average molecular weight is 250 g/mol. The van der Waals surface area contributed by atoms with E-state index in [1.54, 1.807) is 13.2 Å². The summed E-state index contributed by atoms with van der Waals surface area (Å²) in [5, 5.41) is 9.58. The number of rotatable bonds is 3. The van der Waals surface area contributed by atoms with Crippen LogP contribution in [0.3, 0.4) is 0 Å². The summed E-state index contributed by atoms with van der Waals surface area (Å²) in [4.78, 5) is 4.83. The number of nitrogens with zero attached hydrogens (tertiary/aromatic N) is 2. The second-order valence-electron chi connectivity index (χ2n) is 4.94. The van der Waals surface area contributed by atoms with E-state index in [4.69, 9.17) is 4.74 Å². The minimum absolute atomic E-state index is 0.205. The fraction of sp³-hybridized carbons (Fsp3) is 0.571. The molecule has 0 saturated carbocycles. The van der Waals surface area contributed by atoms with E-state index in [2.05, 4.69) is 16.8 Å². The third-order valence-corrected chi connectivity index (χ3v) is 3.46. The van der Waals surface area contributed by atoms with E-state index in [1.807, 2.05) is 12.1 Å². The molecule has 1 aliphatic heterocycles. The molecule has 1 saturated heterocycles. The van der Waals surface area contributed by atoms with E-state index in [0.717, 1.165) is 26.2 Å². The van der Waals surface area contributed by atoms with Crippen molar-refractivity contribution in [3.05, 3.63) is 23.8 Å². The SMILES string of the molecule is COc1cc(CN2CCCN(C)CC2)ccc1O. The van der Waals surface area contributed by atoms with Crippen LogP contribution in [-0.4, -0.2) is 55.2 Å². The van der Waals surface area contributed by atoms with Crippen LogP contribution in [0.1, 0.15) is 12.0 Å². The topological polar surface area (TPSA) is 35.9 Å². The Labute approximate surface area is 109 Å². The summed E-state index contributed by atoms with van der Waals surface area (Å²) >= 11 is 0. The lowest BCUT2D eigenvalue weighted by molar-refractivity contribution is 0.268. The average Bonchev–Trinajstić information content (AvgIpc) is 2.57. The van der Waals surface area contributed by atoms with Crippen LogP contribution in [0.4, 0.5) is 0 Å². The van der Waals surface area contributed by atoms with Gasteiger partial charge in [-0.15, -0.1) is 0 Å². The number of phenolic OH excluding ortho intramolecular Hbond substituents is 1. The second kappa shape index (κ2) is 6.07. The zero-order valence-corrected chi connectivity index (χ0v) is 11.2. The van der Waals surface area contributed by atoms with Gasteiger partial charge in [-0.05, 0) is 44.3 Å². The van der Waals surface area contributed by atoms with Crippen LogP contribution >= 0.6 is 0 Å². The van der Waals surface area contributed by atoms with Crippen molar-refractivity contribution in [2.45, 2.75) is 13.0 Å². The van der Waals surface area contributed by atoms with E-state index >= 15 is 0 Å². The Morgan fingerprint density at radius 2 is 2.06 bits per heavy atom. The highest BCUT2D eigenvalue weighted by Gasteiger charge is 2.13. The Balaban J connectivity index is 2.00. The molecule has 4 nitrogen and oxygen atoms in total. The van der Waals surface area contributed by atoms with Gasteiger partial charge in [0.15, 0.2) is 11.5 Å². The van der Waals surface area contributed by atoms with Gasteiger partial charge in [-0.3, -0.25) is 4.90 Å². The summed E-state index contributed by atoms with van der Waals surface area (Å²) in [5.41, 5.74) is 1.19. The molecule has 1 fully saturated rings. The zero-order valence-electron chi connectivity index (χ0n) is 11.2. The number of hydrogen-bond donors (Lipinski definition) is 1. The van der Waals surface area contributed by atoms with Gasteiger partial charge in [0.1, 0.15) is 0 Å². The standard InChI is InChI=1S/C14H22N2O2/c1-15-6-3-7-16(9-8-15)11-12-4-5-13(17)14(10-12)18-2/h4-5,10,17H,3,6-9,11H2,1-2H3. The van der Waals surface area contributed by atoms with Crippen LogP contribution in [-0.2, 0) is 6.54 Å². The molecule has 1 aromatic carbocycles. The lowest BCUT2D eigenvalue weighted by Gasteiger charge is -2.20. The first-order valence-corrected chi connectivity index (χ1v) is 6.46. The number of ether oxygens (including phenoxy) is 1. The Morgan fingerprint density at radius 3 is 2.83 bits per heavy atom. The number of methoxy groups -OCH3 is 1. The molecule has 0 unspecified atom stereocenters. The van der Waals surface area contributed by atoms with Gasteiger partial charge in [0.2, 0.25) is 0 Å². The normalized spacial score (nSPS) is 18.6. The van der Waals surface area contributed by atoms with Gasteiger partial charge in [-0.2, -0.15) is 0 Å². The molecule has 0 atom stereocenters. The summed E-state index contributed by atoms with van der Waals surface area (Å²) in [5.74, 6) is 0.760. The van der Waals surface area contributed by atoms with Crippen molar-refractivity contribution < 1.29 is 9.84 Å². The number of likely N-dealkylation sites (N-methyl/N-ethyl adjacent to an activating group) is 1. The summed E-state index contributed by atoms with van der Waals surface area (Å²) in [7, 11) is 3.76. The van der Waals surface area contributed by atoms with Gasteiger partial charge in [-0.25, -0.2) is 0 Å². The van der Waals surface area contributed by atoms with Gasteiger partial charge in [0.05, 0.1) is 7.11 Å². The quantitative estimate of drug-likeness (QED) is 0.882. The van der Waals surface area contributed by atoms with Gasteiger partial charge in [0, 0.05) is 19.6 Å². The van der Waals surface area contributed by atoms with Crippen molar-refractivity contribution in [1.82, 2.24) is 9.80 Å². The van der Waals surface area contributed by atoms with Crippen LogP contribution in [0.2, 0.25) is 0 Å². The Kier molecular flexibility index (Phi) is 4.44. The molecule has 1 aliphatic rings. The predicted octanol–water partition coefficient (Wildman–Crippen LogP) is 1.54. The Morgan fingerprint density at radius 1 is 1.22 bits per heavy atom. The van der Waals surface area contributed by atoms with Gasteiger partial charge in [0.25, 0.3) is 0 Å². The second-order valence-corrected chi connectivity index (χ2v) is 4.94. The lowest BCUT2D eigenvalue weighted by atomic mass is 10.2. The predicted molar refractivity (Wildman–Crippen MR) is 72.0 cm³/mol. The van der Waals surface area contributed by atoms with Crippen molar-refractivity contribution in [3.8, 4) is 11.5 Å². The molecule has 0 radical (unpaired) electrons. The maximum Gasteiger partial charge on any atom is 0.160 e. The molecule has 1 aromatic rings. The minimum atomic E-state index is 0.205. The number of aromatic hydroxyl groups is 1. The molecule has 0 aromatic heterocycles. The minimum Gasteiger partial charge on any atom is -0.504 e. The van der Waals surface area contributed by atoms with Crippen LogP contribution < -0.4 is 4.74 Å². The molecule has 18 heavy (non-hydrogen) atoms. The number of hydrogen-bond acceptors (Lipinski definition) is 4. The van der Waals surface area contributed by atoms with Crippen molar-refractivity contribution >= 4 is 0 Å². The third kappa shape index (κ3) is 3.37. The molecule has 1 N–H and O–H groups in total. The number of phenols is 1. The molecule has 4 heteroatoms. The van der Waals surface area contributed by atoms with Crippen molar-refractivity contribution in [2.24, 2.45) is 0 Å². The largest absolute Gasteiger partial charge is 0.504 e. The fourth-order valence-electron chi connectivity index (χ4n) is 2.34. The first kappa shape index (κ1) is 13.2. The first-order valence-electron chi connectivity index (χ1n) is 6.46. The van der Waals surface area contributed by atoms with Gasteiger partial charge < -0.3 is 14.7 Å². The third-order valence-electron chi connectivity index (χ3n) is 3.46. The van der Waals surface area contributed by atoms with Crippen molar-refractivity contribution in [2.75, 3.05) is 40.3 Å². The number of benzene rings is 1.